The largest absolute Gasteiger partial charge is 0.378 e. The molecule has 3 rings (SSSR count). The van der Waals surface area contributed by atoms with E-state index in [9.17, 15) is 0 Å². The molecule has 0 bridgehead atoms. The maximum atomic E-state index is 6.01. The average Bonchev–Trinajstić information content (AvgIpc) is 2.90. The summed E-state index contributed by atoms with van der Waals surface area (Å²) >= 11 is 2.32. The molecule has 0 amide bonds. The van der Waals surface area contributed by atoms with E-state index in [1.807, 2.05) is 0 Å². The molecular formula is C15H21IN2O2. The number of ether oxygens (including phenoxy) is 2. The van der Waals surface area contributed by atoms with Crippen LogP contribution >= 0.6 is 22.6 Å². The third-order valence-corrected chi connectivity index (χ3v) is 5.20. The number of nitrogens with one attached hydrogen (secondary N) is 1. The Bertz CT molecular complexity index is 446. The molecule has 1 aromatic carbocycles. The van der Waals surface area contributed by atoms with E-state index in [1.54, 1.807) is 0 Å². The summed E-state index contributed by atoms with van der Waals surface area (Å²) in [5.74, 6) is 6.33. The van der Waals surface area contributed by atoms with Crippen molar-refractivity contribution in [3.8, 4) is 0 Å². The molecule has 5 heteroatoms. The zero-order valence-electron chi connectivity index (χ0n) is 11.5. The molecule has 110 valence electrons. The first-order valence-electron chi connectivity index (χ1n) is 7.16. The second-order valence-corrected chi connectivity index (χ2v) is 7.03. The second kappa shape index (κ2) is 6.27. The van der Waals surface area contributed by atoms with Crippen LogP contribution in [-0.4, -0.2) is 25.4 Å². The van der Waals surface area contributed by atoms with Crippen LogP contribution in [-0.2, 0) is 9.47 Å². The maximum Gasteiger partial charge on any atom is 0.0940 e. The predicted octanol–water partition coefficient (Wildman–Crippen LogP) is 2.38. The molecule has 2 saturated heterocycles. The standard InChI is InChI=1S/C15H21IN2O2/c16-13-3-1-11(2-4-13)14(18-17)12-5-7-20-15(9-12)6-8-19-10-15/h1-4,12,14,18H,5-10,17H2. The quantitative estimate of drug-likeness (QED) is 0.474. The molecule has 0 radical (unpaired) electrons. The van der Waals surface area contributed by atoms with Gasteiger partial charge in [0.15, 0.2) is 0 Å². The van der Waals surface area contributed by atoms with Gasteiger partial charge in [0.05, 0.1) is 12.2 Å². The average molecular weight is 388 g/mol. The van der Waals surface area contributed by atoms with Crippen molar-refractivity contribution in [1.82, 2.24) is 5.43 Å². The Kier molecular flexibility index (Phi) is 4.62. The minimum absolute atomic E-state index is 0.0682. The van der Waals surface area contributed by atoms with Crippen molar-refractivity contribution in [2.45, 2.75) is 30.9 Å². The summed E-state index contributed by atoms with van der Waals surface area (Å²) in [5.41, 5.74) is 4.21. The Morgan fingerprint density at radius 1 is 1.30 bits per heavy atom. The Morgan fingerprint density at radius 3 is 2.75 bits per heavy atom. The van der Waals surface area contributed by atoms with E-state index in [2.05, 4.69) is 52.3 Å². The molecule has 0 aliphatic carbocycles. The van der Waals surface area contributed by atoms with Gasteiger partial charge in [-0.1, -0.05) is 12.1 Å². The molecule has 2 fully saturated rings. The highest BCUT2D eigenvalue weighted by Gasteiger charge is 2.43. The molecule has 1 spiro atoms. The number of halogens is 1. The Morgan fingerprint density at radius 2 is 2.10 bits per heavy atom. The lowest BCUT2D eigenvalue weighted by Gasteiger charge is -2.40. The van der Waals surface area contributed by atoms with Gasteiger partial charge in [0.1, 0.15) is 0 Å². The molecule has 3 N–H and O–H groups in total. The first kappa shape index (κ1) is 14.7. The van der Waals surface area contributed by atoms with E-state index in [0.29, 0.717) is 5.92 Å². The number of nitrogens with two attached hydrogens (primary N) is 1. The number of hydrogen-bond donors (Lipinski definition) is 2. The minimum Gasteiger partial charge on any atom is -0.378 e. The second-order valence-electron chi connectivity index (χ2n) is 5.78. The van der Waals surface area contributed by atoms with Gasteiger partial charge in [-0.15, -0.1) is 0 Å². The van der Waals surface area contributed by atoms with Gasteiger partial charge >= 0.3 is 0 Å². The predicted molar refractivity (Wildman–Crippen MR) is 86.1 cm³/mol. The summed E-state index contributed by atoms with van der Waals surface area (Å²) in [4.78, 5) is 0. The first-order chi connectivity index (χ1) is 9.72. The lowest BCUT2D eigenvalue weighted by Crippen LogP contribution is -2.45. The van der Waals surface area contributed by atoms with Gasteiger partial charge in [-0.05, 0) is 59.0 Å². The molecule has 3 atom stereocenters. The number of benzene rings is 1. The van der Waals surface area contributed by atoms with Crippen LogP contribution in [0.15, 0.2) is 24.3 Å². The van der Waals surface area contributed by atoms with Crippen molar-refractivity contribution in [2.24, 2.45) is 11.8 Å². The van der Waals surface area contributed by atoms with Gasteiger partial charge in [0.25, 0.3) is 0 Å². The van der Waals surface area contributed by atoms with Gasteiger partial charge in [-0.25, -0.2) is 0 Å². The lowest BCUT2D eigenvalue weighted by molar-refractivity contribution is -0.103. The van der Waals surface area contributed by atoms with E-state index in [-0.39, 0.29) is 11.6 Å². The summed E-state index contributed by atoms with van der Waals surface area (Å²) in [6.45, 7) is 2.35. The smallest absolute Gasteiger partial charge is 0.0940 e. The van der Waals surface area contributed by atoms with E-state index < -0.39 is 0 Å². The highest BCUT2D eigenvalue weighted by atomic mass is 127. The highest BCUT2D eigenvalue weighted by Crippen LogP contribution is 2.40. The lowest BCUT2D eigenvalue weighted by atomic mass is 9.79. The van der Waals surface area contributed by atoms with Crippen LogP contribution in [0.5, 0.6) is 0 Å². The van der Waals surface area contributed by atoms with Gasteiger partial charge in [0, 0.05) is 29.2 Å². The Labute approximate surface area is 133 Å². The molecule has 2 heterocycles. The van der Waals surface area contributed by atoms with Crippen LogP contribution < -0.4 is 11.3 Å². The van der Waals surface area contributed by atoms with Gasteiger partial charge in [0.2, 0.25) is 0 Å². The molecule has 2 aliphatic heterocycles. The van der Waals surface area contributed by atoms with Crippen LogP contribution in [0, 0.1) is 9.49 Å². The minimum atomic E-state index is -0.0682. The Hall–Kier alpha value is -0.210. The number of rotatable bonds is 3. The van der Waals surface area contributed by atoms with Crippen LogP contribution in [0.4, 0.5) is 0 Å². The van der Waals surface area contributed by atoms with E-state index in [1.165, 1.54) is 9.13 Å². The zero-order chi connectivity index (χ0) is 14.0. The van der Waals surface area contributed by atoms with E-state index in [0.717, 1.165) is 39.1 Å². The summed E-state index contributed by atoms with van der Waals surface area (Å²) in [5, 5.41) is 0. The first-order valence-corrected chi connectivity index (χ1v) is 8.24. The molecule has 4 nitrogen and oxygen atoms in total. The fourth-order valence-electron chi connectivity index (χ4n) is 3.39. The molecule has 2 aliphatic rings. The van der Waals surface area contributed by atoms with Crippen molar-refractivity contribution in [3.63, 3.8) is 0 Å². The summed E-state index contributed by atoms with van der Waals surface area (Å²) in [7, 11) is 0. The van der Waals surface area contributed by atoms with E-state index >= 15 is 0 Å². The summed E-state index contributed by atoms with van der Waals surface area (Å²) < 4.78 is 12.8. The normalized spacial score (nSPS) is 31.6. The SMILES string of the molecule is NNC(c1ccc(I)cc1)C1CCOC2(CCOC2)C1. The van der Waals surface area contributed by atoms with E-state index in [4.69, 9.17) is 15.3 Å². The fourth-order valence-corrected chi connectivity index (χ4v) is 3.75. The molecule has 0 saturated carbocycles. The van der Waals surface area contributed by atoms with Crippen LogP contribution in [0.25, 0.3) is 0 Å². The van der Waals surface area contributed by atoms with Gasteiger partial charge < -0.3 is 9.47 Å². The highest BCUT2D eigenvalue weighted by molar-refractivity contribution is 14.1. The van der Waals surface area contributed by atoms with Crippen molar-refractivity contribution >= 4 is 22.6 Å². The van der Waals surface area contributed by atoms with Crippen molar-refractivity contribution in [2.75, 3.05) is 19.8 Å². The molecular weight excluding hydrogens is 367 g/mol. The maximum absolute atomic E-state index is 6.01. The molecule has 20 heavy (non-hydrogen) atoms. The van der Waals surface area contributed by atoms with Gasteiger partial charge in [-0.3, -0.25) is 11.3 Å². The third kappa shape index (κ3) is 3.01. The summed E-state index contributed by atoms with van der Waals surface area (Å²) in [6.07, 6.45) is 3.07. The zero-order valence-corrected chi connectivity index (χ0v) is 13.6. The van der Waals surface area contributed by atoms with Crippen molar-refractivity contribution in [1.29, 1.82) is 0 Å². The molecule has 3 unspecified atom stereocenters. The number of hydrazine groups is 1. The monoisotopic (exact) mass is 388 g/mol. The third-order valence-electron chi connectivity index (χ3n) is 4.48. The Balaban J connectivity index is 1.76. The molecule has 0 aromatic heterocycles. The van der Waals surface area contributed by atoms with Crippen molar-refractivity contribution in [3.05, 3.63) is 33.4 Å². The van der Waals surface area contributed by atoms with Crippen LogP contribution in [0.2, 0.25) is 0 Å². The fraction of sp³-hybridized carbons (Fsp3) is 0.600. The van der Waals surface area contributed by atoms with Crippen LogP contribution in [0.1, 0.15) is 30.9 Å². The number of hydrogen-bond acceptors (Lipinski definition) is 4. The summed E-state index contributed by atoms with van der Waals surface area (Å²) in [6, 6.07) is 8.79. The molecule has 1 aromatic rings. The topological polar surface area (TPSA) is 56.5 Å². The van der Waals surface area contributed by atoms with Crippen molar-refractivity contribution < 1.29 is 9.47 Å². The van der Waals surface area contributed by atoms with Crippen LogP contribution in [0.3, 0.4) is 0 Å². The van der Waals surface area contributed by atoms with Gasteiger partial charge in [-0.2, -0.15) is 0 Å².